The molecular formula is C8H10N4. The van der Waals surface area contributed by atoms with E-state index >= 15 is 0 Å². The summed E-state index contributed by atoms with van der Waals surface area (Å²) in [5.74, 6) is 0.875. The molecule has 1 aromatic carbocycles. The van der Waals surface area contributed by atoms with Crippen LogP contribution in [0.3, 0.4) is 0 Å². The summed E-state index contributed by atoms with van der Waals surface area (Å²) in [4.78, 5) is 0. The van der Waals surface area contributed by atoms with Crippen LogP contribution < -0.4 is 5.32 Å². The zero-order valence-corrected chi connectivity index (χ0v) is 6.76. The zero-order chi connectivity index (χ0) is 8.39. The number of aromatic amines is 2. The second kappa shape index (κ2) is 2.73. The first-order chi connectivity index (χ1) is 5.92. The summed E-state index contributed by atoms with van der Waals surface area (Å²) in [6, 6.07) is 8.00. The maximum atomic E-state index is 3.96. The minimum absolute atomic E-state index is 0.875. The molecule has 0 aliphatic heterocycles. The van der Waals surface area contributed by atoms with Gasteiger partial charge in [-0.3, -0.25) is 5.10 Å². The highest BCUT2D eigenvalue weighted by Crippen LogP contribution is 2.23. The second-order valence-electron chi connectivity index (χ2n) is 2.49. The van der Waals surface area contributed by atoms with Gasteiger partial charge in [-0.2, -0.15) is 0 Å². The SMILES string of the molecule is CNc1ccccc1-c1n[nH][nH]1. The molecule has 0 spiro atoms. The van der Waals surface area contributed by atoms with E-state index in [1.165, 1.54) is 0 Å². The highest BCUT2D eigenvalue weighted by molar-refractivity contribution is 5.72. The topological polar surface area (TPSA) is 56.5 Å². The van der Waals surface area contributed by atoms with E-state index in [1.54, 1.807) is 0 Å². The lowest BCUT2D eigenvalue weighted by Gasteiger charge is -2.08. The van der Waals surface area contributed by atoms with Crippen molar-refractivity contribution in [1.82, 2.24) is 15.4 Å². The Balaban J connectivity index is 2.46. The first-order valence-electron chi connectivity index (χ1n) is 3.77. The molecule has 1 heterocycles. The van der Waals surface area contributed by atoms with E-state index < -0.39 is 0 Å². The quantitative estimate of drug-likeness (QED) is 0.626. The number of nitrogens with one attached hydrogen (secondary N) is 3. The molecular weight excluding hydrogens is 152 g/mol. The smallest absolute Gasteiger partial charge is 0.176 e. The molecule has 2 rings (SSSR count). The molecule has 4 heteroatoms. The van der Waals surface area contributed by atoms with Crippen molar-refractivity contribution in [3.63, 3.8) is 0 Å². The van der Waals surface area contributed by atoms with Crippen LogP contribution in [-0.2, 0) is 0 Å². The number of anilines is 1. The number of hydrogen-bond donors (Lipinski definition) is 3. The summed E-state index contributed by atoms with van der Waals surface area (Å²) < 4.78 is 0. The standard InChI is InChI=1S/C8H10N4/c1-9-7-5-3-2-4-6(7)8-10-12-11-8/h2-5,9,12H,1H3,(H,10,11). The maximum absolute atomic E-state index is 3.96. The Hall–Kier alpha value is -1.71. The molecule has 0 saturated heterocycles. The molecule has 0 bridgehead atoms. The van der Waals surface area contributed by atoms with Gasteiger partial charge in [-0.25, -0.2) is 5.21 Å². The lowest BCUT2D eigenvalue weighted by Crippen LogP contribution is -2.01. The molecule has 2 aromatic rings. The fraction of sp³-hybridized carbons (Fsp3) is 0.125. The summed E-state index contributed by atoms with van der Waals surface area (Å²) in [5.41, 5.74) is 2.16. The molecule has 12 heavy (non-hydrogen) atoms. The summed E-state index contributed by atoms with van der Waals surface area (Å²) in [6.07, 6.45) is 0. The van der Waals surface area contributed by atoms with Gasteiger partial charge in [0, 0.05) is 18.3 Å². The van der Waals surface area contributed by atoms with Gasteiger partial charge in [-0.15, -0.1) is 5.10 Å². The first kappa shape index (κ1) is 6.97. The number of aromatic nitrogens is 3. The monoisotopic (exact) mass is 162 g/mol. The molecule has 0 unspecified atom stereocenters. The fourth-order valence-corrected chi connectivity index (χ4v) is 1.15. The van der Waals surface area contributed by atoms with E-state index in [-0.39, 0.29) is 0 Å². The van der Waals surface area contributed by atoms with E-state index in [0.29, 0.717) is 0 Å². The third-order valence-electron chi connectivity index (χ3n) is 1.79. The number of rotatable bonds is 2. The number of nitrogens with zero attached hydrogens (tertiary/aromatic N) is 1. The Bertz CT molecular complexity index is 351. The largest absolute Gasteiger partial charge is 0.388 e. The molecule has 0 atom stereocenters. The highest BCUT2D eigenvalue weighted by atomic mass is 15.4. The predicted octanol–water partition coefficient (Wildman–Crippen LogP) is 1.45. The zero-order valence-electron chi connectivity index (χ0n) is 6.76. The van der Waals surface area contributed by atoms with Crippen molar-refractivity contribution in [2.45, 2.75) is 0 Å². The molecule has 0 radical (unpaired) electrons. The van der Waals surface area contributed by atoms with Gasteiger partial charge in [0.15, 0.2) is 5.82 Å². The van der Waals surface area contributed by atoms with Gasteiger partial charge in [0.25, 0.3) is 0 Å². The third kappa shape index (κ3) is 0.972. The number of para-hydroxylation sites is 1. The van der Waals surface area contributed by atoms with Crippen LogP contribution in [0.15, 0.2) is 24.3 Å². The van der Waals surface area contributed by atoms with Gasteiger partial charge >= 0.3 is 0 Å². The van der Waals surface area contributed by atoms with Gasteiger partial charge in [0.2, 0.25) is 0 Å². The minimum Gasteiger partial charge on any atom is -0.388 e. The normalized spacial score (nSPS) is 10.1. The fourth-order valence-electron chi connectivity index (χ4n) is 1.15. The molecule has 0 saturated carbocycles. The Morgan fingerprint density at radius 1 is 1.33 bits per heavy atom. The third-order valence-corrected chi connectivity index (χ3v) is 1.79. The molecule has 4 nitrogen and oxygen atoms in total. The van der Waals surface area contributed by atoms with E-state index in [9.17, 15) is 0 Å². The summed E-state index contributed by atoms with van der Waals surface area (Å²) in [6.45, 7) is 0. The van der Waals surface area contributed by atoms with Gasteiger partial charge < -0.3 is 5.32 Å². The van der Waals surface area contributed by atoms with Crippen molar-refractivity contribution in [2.75, 3.05) is 12.4 Å². The average Bonchev–Trinajstić information content (AvgIpc) is 2.02. The van der Waals surface area contributed by atoms with Crippen LogP contribution in [0.5, 0.6) is 0 Å². The molecule has 0 fully saturated rings. The molecule has 1 aromatic heterocycles. The number of H-pyrrole nitrogens is 2. The van der Waals surface area contributed by atoms with Crippen molar-refractivity contribution in [2.24, 2.45) is 0 Å². The second-order valence-corrected chi connectivity index (χ2v) is 2.49. The van der Waals surface area contributed by atoms with Gasteiger partial charge in [0.05, 0.1) is 0 Å². The molecule has 3 N–H and O–H groups in total. The van der Waals surface area contributed by atoms with Gasteiger partial charge in [0.1, 0.15) is 0 Å². The van der Waals surface area contributed by atoms with Crippen LogP contribution >= 0.6 is 0 Å². The van der Waals surface area contributed by atoms with E-state index in [4.69, 9.17) is 0 Å². The predicted molar refractivity (Wildman–Crippen MR) is 47.9 cm³/mol. The van der Waals surface area contributed by atoms with Crippen LogP contribution in [0.1, 0.15) is 0 Å². The van der Waals surface area contributed by atoms with Gasteiger partial charge in [-0.05, 0) is 12.1 Å². The van der Waals surface area contributed by atoms with Crippen molar-refractivity contribution in [1.29, 1.82) is 0 Å². The summed E-state index contributed by atoms with van der Waals surface area (Å²) in [7, 11) is 1.89. The summed E-state index contributed by atoms with van der Waals surface area (Å²) >= 11 is 0. The average molecular weight is 162 g/mol. The molecule has 0 amide bonds. The van der Waals surface area contributed by atoms with Crippen molar-refractivity contribution >= 4 is 5.69 Å². The highest BCUT2D eigenvalue weighted by Gasteiger charge is 2.05. The summed E-state index contributed by atoms with van der Waals surface area (Å²) in [5, 5.41) is 12.6. The van der Waals surface area contributed by atoms with Crippen molar-refractivity contribution < 1.29 is 0 Å². The number of benzene rings is 1. The Morgan fingerprint density at radius 2 is 2.08 bits per heavy atom. The Morgan fingerprint density at radius 3 is 2.67 bits per heavy atom. The van der Waals surface area contributed by atoms with Crippen LogP contribution in [0.2, 0.25) is 0 Å². The van der Waals surface area contributed by atoms with Crippen molar-refractivity contribution in [3.8, 4) is 11.4 Å². The van der Waals surface area contributed by atoms with Crippen molar-refractivity contribution in [3.05, 3.63) is 24.3 Å². The molecule has 62 valence electrons. The Kier molecular flexibility index (Phi) is 1.59. The maximum Gasteiger partial charge on any atom is 0.176 e. The van der Waals surface area contributed by atoms with Crippen LogP contribution in [-0.4, -0.2) is 22.5 Å². The van der Waals surface area contributed by atoms with Crippen LogP contribution in [0.25, 0.3) is 11.4 Å². The van der Waals surface area contributed by atoms with E-state index in [1.807, 2.05) is 31.3 Å². The van der Waals surface area contributed by atoms with Crippen LogP contribution in [0.4, 0.5) is 5.69 Å². The van der Waals surface area contributed by atoms with E-state index in [0.717, 1.165) is 17.1 Å². The van der Waals surface area contributed by atoms with Gasteiger partial charge in [-0.1, -0.05) is 12.1 Å². The van der Waals surface area contributed by atoms with Crippen LogP contribution in [0, 0.1) is 0 Å². The Labute approximate surface area is 70.0 Å². The van der Waals surface area contributed by atoms with E-state index in [2.05, 4.69) is 20.7 Å². The lowest BCUT2D eigenvalue weighted by atomic mass is 10.1. The number of hydrogen-bond acceptors (Lipinski definition) is 2. The first-order valence-corrected chi connectivity index (χ1v) is 3.77. The molecule has 0 aliphatic carbocycles. The lowest BCUT2D eigenvalue weighted by molar-refractivity contribution is 0.779. The minimum atomic E-state index is 0.875. The molecule has 0 aliphatic rings.